The average Bonchev–Trinajstić information content (AvgIpc) is 2.97. The Morgan fingerprint density at radius 1 is 0.733 bits per heavy atom. The summed E-state index contributed by atoms with van der Waals surface area (Å²) in [7, 11) is 0. The van der Waals surface area contributed by atoms with Crippen LogP contribution in [-0.4, -0.2) is 95.5 Å². The van der Waals surface area contributed by atoms with Gasteiger partial charge in [0.1, 0.15) is 22.6 Å². The second-order valence-electron chi connectivity index (χ2n) is 12.1. The van der Waals surface area contributed by atoms with E-state index in [-0.39, 0.29) is 29.2 Å². The van der Waals surface area contributed by atoms with Crippen LogP contribution in [0.2, 0.25) is 0 Å². The molecule has 10 nitrogen and oxygen atoms in total. The maximum Gasteiger partial charge on any atom is 0.410 e. The number of carbonyl (C=O) groups excluding carboxylic acids is 2. The molecule has 0 saturated carbocycles. The van der Waals surface area contributed by atoms with Crippen molar-refractivity contribution in [3.8, 4) is 0 Å². The van der Waals surface area contributed by atoms with Crippen LogP contribution in [0.1, 0.15) is 65.8 Å². The number of aromatic nitrogens is 2. The Hall–Kier alpha value is -3.20. The van der Waals surface area contributed by atoms with Gasteiger partial charge >= 0.3 is 12.2 Å². The number of nitrogens with one attached hydrogen (secondary N) is 1. The van der Waals surface area contributed by atoms with Crippen molar-refractivity contribution in [1.82, 2.24) is 25.1 Å². The number of amides is 2. The summed E-state index contributed by atoms with van der Waals surface area (Å²) >= 11 is 3.09. The Morgan fingerprint density at radius 2 is 1.18 bits per heavy atom. The highest BCUT2D eigenvalue weighted by Gasteiger charge is 2.26. The van der Waals surface area contributed by atoms with Crippen molar-refractivity contribution in [2.45, 2.75) is 65.6 Å². The van der Waals surface area contributed by atoms with Crippen molar-refractivity contribution in [1.29, 1.82) is 0 Å². The molecule has 2 aromatic rings. The van der Waals surface area contributed by atoms with E-state index in [1.165, 1.54) is 30.6 Å². The molecule has 2 aliphatic heterocycles. The van der Waals surface area contributed by atoms with E-state index in [4.69, 9.17) is 9.47 Å². The third-order valence-corrected chi connectivity index (χ3v) is 6.50. The lowest BCUT2D eigenvalue weighted by Gasteiger charge is -2.36. The van der Waals surface area contributed by atoms with Crippen molar-refractivity contribution in [3.63, 3.8) is 0 Å². The molecular formula is C30H43BrF4N6O4. The van der Waals surface area contributed by atoms with Crippen molar-refractivity contribution in [2.75, 3.05) is 57.3 Å². The number of carbonyl (C=O) groups is 2. The zero-order valence-electron chi connectivity index (χ0n) is 26.5. The highest BCUT2D eigenvalue weighted by atomic mass is 79.9. The third kappa shape index (κ3) is 14.6. The van der Waals surface area contributed by atoms with Crippen LogP contribution in [-0.2, 0) is 9.47 Å². The third-order valence-electron chi connectivity index (χ3n) is 6.03. The molecule has 2 aliphatic rings. The number of ether oxygens (including phenoxy) is 2. The second kappa shape index (κ2) is 17.5. The molecule has 2 fully saturated rings. The minimum atomic E-state index is -2.56. The van der Waals surface area contributed by atoms with E-state index in [1.807, 2.05) is 46.4 Å². The maximum atomic E-state index is 12.5. The van der Waals surface area contributed by atoms with Gasteiger partial charge in [-0.3, -0.25) is 9.97 Å². The molecule has 1 N–H and O–H groups in total. The fraction of sp³-hybridized carbons (Fsp3) is 0.600. The van der Waals surface area contributed by atoms with Crippen LogP contribution in [0.25, 0.3) is 0 Å². The highest BCUT2D eigenvalue weighted by Crippen LogP contribution is 2.21. The fourth-order valence-electron chi connectivity index (χ4n) is 3.88. The van der Waals surface area contributed by atoms with Gasteiger partial charge < -0.3 is 29.5 Å². The van der Waals surface area contributed by atoms with Crippen LogP contribution in [0, 0.1) is 0 Å². The minimum absolute atomic E-state index is 0.191. The van der Waals surface area contributed by atoms with Crippen LogP contribution in [0.3, 0.4) is 0 Å². The molecule has 4 heterocycles. The van der Waals surface area contributed by atoms with Crippen LogP contribution in [0.15, 0.2) is 41.1 Å². The number of hydrogen-bond donors (Lipinski definition) is 1. The highest BCUT2D eigenvalue weighted by molar-refractivity contribution is 9.10. The van der Waals surface area contributed by atoms with Crippen LogP contribution in [0.5, 0.6) is 0 Å². The Morgan fingerprint density at radius 3 is 1.56 bits per heavy atom. The summed E-state index contributed by atoms with van der Waals surface area (Å²) in [6.07, 6.45) is -2.76. The van der Waals surface area contributed by atoms with Gasteiger partial charge in [-0.05, 0) is 81.7 Å². The average molecular weight is 708 g/mol. The standard InChI is InChI=1S/C15H21F2N3O2.C9H18N2O2.C6H4BrF2N/c1-15(2,3)22-14(21)20-8-6-19(7-9-20)11-4-5-12(13(16)17)18-10-11;1-9(2,3)13-8(12)11-6-4-10-5-7-11;7-4-1-2-5(6(8)9)10-3-4/h4-5,10,13H,6-9H2,1-3H3;10H,4-7H2,1-3H3;1-3,6H. The van der Waals surface area contributed by atoms with Crippen molar-refractivity contribution < 1.29 is 36.6 Å². The number of piperazine rings is 2. The Kier molecular flexibility index (Phi) is 14.8. The van der Waals surface area contributed by atoms with E-state index in [2.05, 4.69) is 31.2 Å². The van der Waals surface area contributed by atoms with E-state index >= 15 is 0 Å². The normalized spacial score (nSPS) is 15.5. The zero-order valence-corrected chi connectivity index (χ0v) is 28.1. The van der Waals surface area contributed by atoms with Gasteiger partial charge in [0.05, 0.1) is 11.9 Å². The van der Waals surface area contributed by atoms with E-state index < -0.39 is 18.5 Å². The number of pyridine rings is 2. The summed E-state index contributed by atoms with van der Waals surface area (Å²) in [5.74, 6) is 0. The first kappa shape index (κ1) is 38.0. The largest absolute Gasteiger partial charge is 0.444 e. The van der Waals surface area contributed by atoms with Gasteiger partial charge in [0.15, 0.2) is 0 Å². The molecule has 252 valence electrons. The summed E-state index contributed by atoms with van der Waals surface area (Å²) in [5.41, 5.74) is -0.529. The lowest BCUT2D eigenvalue weighted by molar-refractivity contribution is 0.0223. The van der Waals surface area contributed by atoms with Gasteiger partial charge in [0, 0.05) is 63.0 Å². The predicted octanol–water partition coefficient (Wildman–Crippen LogP) is 6.68. The Bertz CT molecular complexity index is 1180. The summed E-state index contributed by atoms with van der Waals surface area (Å²) in [6.45, 7) is 16.7. The van der Waals surface area contributed by atoms with Crippen molar-refractivity contribution >= 4 is 33.8 Å². The Balaban J connectivity index is 0.000000259. The quantitative estimate of drug-likeness (QED) is 0.353. The first-order valence-electron chi connectivity index (χ1n) is 14.5. The molecule has 0 radical (unpaired) electrons. The summed E-state index contributed by atoms with van der Waals surface area (Å²) in [5, 5.41) is 3.18. The molecule has 2 amide bonds. The number of rotatable bonds is 3. The number of halogens is 5. The first-order valence-corrected chi connectivity index (χ1v) is 15.3. The molecule has 45 heavy (non-hydrogen) atoms. The van der Waals surface area contributed by atoms with Gasteiger partial charge in [-0.25, -0.2) is 27.2 Å². The first-order chi connectivity index (χ1) is 20.9. The monoisotopic (exact) mass is 706 g/mol. The second-order valence-corrected chi connectivity index (χ2v) is 13.0. The van der Waals surface area contributed by atoms with Gasteiger partial charge in [0.2, 0.25) is 0 Å². The minimum Gasteiger partial charge on any atom is -0.444 e. The lowest BCUT2D eigenvalue weighted by atomic mass is 10.2. The van der Waals surface area contributed by atoms with E-state index in [1.54, 1.807) is 15.9 Å². The summed E-state index contributed by atoms with van der Waals surface area (Å²) in [4.78, 5) is 36.1. The number of alkyl halides is 4. The van der Waals surface area contributed by atoms with E-state index in [9.17, 15) is 27.2 Å². The van der Waals surface area contributed by atoms with Gasteiger partial charge in [-0.2, -0.15) is 0 Å². The van der Waals surface area contributed by atoms with Crippen molar-refractivity contribution in [2.24, 2.45) is 0 Å². The van der Waals surface area contributed by atoms with Gasteiger partial charge in [0.25, 0.3) is 12.9 Å². The molecule has 0 spiro atoms. The molecule has 0 aliphatic carbocycles. The number of nitrogens with zero attached hydrogens (tertiary/aromatic N) is 5. The lowest BCUT2D eigenvalue weighted by Crippen LogP contribution is -2.50. The Labute approximate surface area is 270 Å². The van der Waals surface area contributed by atoms with Crippen LogP contribution < -0.4 is 10.2 Å². The molecule has 4 rings (SSSR count). The predicted molar refractivity (Wildman–Crippen MR) is 167 cm³/mol. The molecule has 15 heteroatoms. The molecule has 0 aromatic carbocycles. The molecular weight excluding hydrogens is 664 g/mol. The van der Waals surface area contributed by atoms with Gasteiger partial charge in [-0.15, -0.1) is 0 Å². The topological polar surface area (TPSA) is 100 Å². The molecule has 0 bridgehead atoms. The maximum absolute atomic E-state index is 12.5. The van der Waals surface area contributed by atoms with Crippen LogP contribution >= 0.6 is 15.9 Å². The molecule has 0 unspecified atom stereocenters. The van der Waals surface area contributed by atoms with E-state index in [0.29, 0.717) is 30.7 Å². The molecule has 2 aromatic heterocycles. The van der Waals surface area contributed by atoms with Gasteiger partial charge in [-0.1, -0.05) is 0 Å². The summed E-state index contributed by atoms with van der Waals surface area (Å²) in [6, 6.07) is 5.79. The van der Waals surface area contributed by atoms with Crippen molar-refractivity contribution in [3.05, 3.63) is 52.5 Å². The fourth-order valence-corrected chi connectivity index (χ4v) is 4.11. The molecule has 0 atom stereocenters. The SMILES string of the molecule is CC(C)(C)OC(=O)N1CCN(c2ccc(C(F)F)nc2)CC1.CC(C)(C)OC(=O)N1CCNCC1.FC(F)c1ccc(Br)cn1. The smallest absolute Gasteiger partial charge is 0.410 e. The summed E-state index contributed by atoms with van der Waals surface area (Å²) < 4.78 is 59.9. The number of hydrogen-bond acceptors (Lipinski definition) is 8. The van der Waals surface area contributed by atoms with E-state index in [0.717, 1.165) is 31.9 Å². The molecule has 2 saturated heterocycles. The zero-order chi connectivity index (χ0) is 33.8. The number of anilines is 1. The van der Waals surface area contributed by atoms with Crippen LogP contribution in [0.4, 0.5) is 32.8 Å².